The molecular weight excluding hydrogens is 358 g/mol. The maximum atomic E-state index is 12.8. The lowest BCUT2D eigenvalue weighted by Crippen LogP contribution is -2.40. The van der Waals surface area contributed by atoms with Crippen LogP contribution in [0.5, 0.6) is 0 Å². The molecule has 5 nitrogen and oxygen atoms in total. The van der Waals surface area contributed by atoms with E-state index in [1.54, 1.807) is 22.4 Å². The van der Waals surface area contributed by atoms with Crippen LogP contribution in [0.25, 0.3) is 0 Å². The highest BCUT2D eigenvalue weighted by molar-refractivity contribution is 7.99. The highest BCUT2D eigenvalue weighted by Crippen LogP contribution is 2.33. The number of hydrogen-bond acceptors (Lipinski definition) is 4. The number of carbonyl (C=O) groups is 1. The quantitative estimate of drug-likeness (QED) is 0.762. The van der Waals surface area contributed by atoms with Crippen LogP contribution in [-0.2, 0) is 11.2 Å². The Balaban J connectivity index is 1.33. The lowest BCUT2D eigenvalue weighted by Gasteiger charge is -2.32. The van der Waals surface area contributed by atoms with Crippen molar-refractivity contribution in [1.82, 2.24) is 14.5 Å². The molecule has 1 unspecified atom stereocenters. The molecule has 1 aromatic carbocycles. The van der Waals surface area contributed by atoms with E-state index in [2.05, 4.69) is 29.2 Å². The summed E-state index contributed by atoms with van der Waals surface area (Å²) >= 11 is 1.58. The molecule has 1 aromatic heterocycles. The second-order valence-electron chi connectivity index (χ2n) is 7.57. The lowest BCUT2D eigenvalue weighted by molar-refractivity contribution is -0.133. The SMILES string of the molecule is Cc1cc(=O)n2c(n1)SCC2CC(=O)N1CCC(Cc2ccccc2)CC1. The van der Waals surface area contributed by atoms with Crippen LogP contribution in [0.15, 0.2) is 46.3 Å². The van der Waals surface area contributed by atoms with Gasteiger partial charge >= 0.3 is 0 Å². The van der Waals surface area contributed by atoms with Crippen molar-refractivity contribution in [3.8, 4) is 0 Å². The molecule has 0 spiro atoms. The Bertz CT molecular complexity index is 873. The van der Waals surface area contributed by atoms with E-state index in [1.807, 2.05) is 17.9 Å². The monoisotopic (exact) mass is 383 g/mol. The van der Waals surface area contributed by atoms with Crippen LogP contribution in [0.2, 0.25) is 0 Å². The van der Waals surface area contributed by atoms with Gasteiger partial charge in [0.05, 0.1) is 6.04 Å². The Morgan fingerprint density at radius 2 is 1.96 bits per heavy atom. The van der Waals surface area contributed by atoms with Gasteiger partial charge < -0.3 is 4.90 Å². The van der Waals surface area contributed by atoms with Crippen molar-refractivity contribution in [3.63, 3.8) is 0 Å². The summed E-state index contributed by atoms with van der Waals surface area (Å²) in [5.74, 6) is 1.56. The van der Waals surface area contributed by atoms with Crippen LogP contribution >= 0.6 is 11.8 Å². The average Bonchev–Trinajstić information content (AvgIpc) is 3.06. The lowest BCUT2D eigenvalue weighted by atomic mass is 9.90. The van der Waals surface area contributed by atoms with Gasteiger partial charge in [0.1, 0.15) is 0 Å². The summed E-state index contributed by atoms with van der Waals surface area (Å²) in [5.41, 5.74) is 2.08. The van der Waals surface area contributed by atoms with Gasteiger partial charge in [-0.1, -0.05) is 42.1 Å². The normalized spacial score (nSPS) is 19.9. The van der Waals surface area contributed by atoms with Gasteiger partial charge in [0, 0.05) is 37.0 Å². The fourth-order valence-corrected chi connectivity index (χ4v) is 5.27. The molecule has 0 saturated carbocycles. The molecule has 4 rings (SSSR count). The summed E-state index contributed by atoms with van der Waals surface area (Å²) in [6.45, 7) is 3.48. The minimum absolute atomic E-state index is 0.0399. The maximum absolute atomic E-state index is 12.8. The van der Waals surface area contributed by atoms with Crippen molar-refractivity contribution >= 4 is 17.7 Å². The minimum Gasteiger partial charge on any atom is -0.343 e. The predicted octanol–water partition coefficient (Wildman–Crippen LogP) is 3.07. The number of thioether (sulfide) groups is 1. The van der Waals surface area contributed by atoms with E-state index in [4.69, 9.17) is 0 Å². The van der Waals surface area contributed by atoms with Crippen LogP contribution in [0.3, 0.4) is 0 Å². The molecule has 1 saturated heterocycles. The second kappa shape index (κ2) is 7.89. The number of hydrogen-bond donors (Lipinski definition) is 0. The first-order valence-electron chi connectivity index (χ1n) is 9.65. The summed E-state index contributed by atoms with van der Waals surface area (Å²) in [6, 6.07) is 12.1. The molecule has 0 aliphatic carbocycles. The molecule has 1 fully saturated rings. The first kappa shape index (κ1) is 18.3. The molecule has 6 heteroatoms. The predicted molar refractivity (Wildman–Crippen MR) is 107 cm³/mol. The number of amides is 1. The largest absolute Gasteiger partial charge is 0.343 e. The van der Waals surface area contributed by atoms with E-state index in [0.717, 1.165) is 49.0 Å². The number of likely N-dealkylation sites (tertiary alicyclic amines) is 1. The summed E-state index contributed by atoms with van der Waals surface area (Å²) in [5, 5.41) is 0.749. The minimum atomic E-state index is -0.0693. The molecule has 3 heterocycles. The maximum Gasteiger partial charge on any atom is 0.254 e. The van der Waals surface area contributed by atoms with E-state index in [9.17, 15) is 9.59 Å². The summed E-state index contributed by atoms with van der Waals surface area (Å²) in [7, 11) is 0. The smallest absolute Gasteiger partial charge is 0.254 e. The van der Waals surface area contributed by atoms with Gasteiger partial charge in [0.25, 0.3) is 5.56 Å². The first-order valence-corrected chi connectivity index (χ1v) is 10.6. The zero-order chi connectivity index (χ0) is 18.8. The highest BCUT2D eigenvalue weighted by Gasteiger charge is 2.30. The van der Waals surface area contributed by atoms with Crippen LogP contribution in [0.4, 0.5) is 0 Å². The molecule has 1 amide bonds. The molecule has 142 valence electrons. The number of fused-ring (bicyclic) bond motifs is 1. The van der Waals surface area contributed by atoms with E-state index in [-0.39, 0.29) is 17.5 Å². The van der Waals surface area contributed by atoms with E-state index < -0.39 is 0 Å². The van der Waals surface area contributed by atoms with Crippen molar-refractivity contribution in [1.29, 1.82) is 0 Å². The molecule has 0 N–H and O–H groups in total. The Hall–Kier alpha value is -2.08. The topological polar surface area (TPSA) is 55.2 Å². The Kier molecular flexibility index (Phi) is 5.34. The number of carbonyl (C=O) groups excluding carboxylic acids is 1. The highest BCUT2D eigenvalue weighted by atomic mass is 32.2. The van der Waals surface area contributed by atoms with Crippen molar-refractivity contribution in [3.05, 3.63) is 58.0 Å². The first-order chi connectivity index (χ1) is 13.1. The second-order valence-corrected chi connectivity index (χ2v) is 8.56. The standard InChI is InChI=1S/C21H25N3O2S/c1-15-11-20(26)24-18(14-27-21(24)22-15)13-19(25)23-9-7-17(8-10-23)12-16-5-3-2-4-6-16/h2-6,11,17-18H,7-10,12-14H2,1H3. The Morgan fingerprint density at radius 1 is 1.22 bits per heavy atom. The molecule has 2 aliphatic heterocycles. The Labute approximate surface area is 163 Å². The van der Waals surface area contributed by atoms with Crippen LogP contribution < -0.4 is 5.56 Å². The van der Waals surface area contributed by atoms with E-state index in [1.165, 1.54) is 5.56 Å². The third-order valence-corrected chi connectivity index (χ3v) is 6.66. The number of aryl methyl sites for hydroxylation is 1. The molecular formula is C21H25N3O2S. The van der Waals surface area contributed by atoms with Gasteiger partial charge in [-0.25, -0.2) is 4.98 Å². The van der Waals surface area contributed by atoms with Crippen molar-refractivity contribution in [2.75, 3.05) is 18.8 Å². The van der Waals surface area contributed by atoms with Gasteiger partial charge in [0.15, 0.2) is 5.16 Å². The van der Waals surface area contributed by atoms with Crippen molar-refractivity contribution in [2.45, 2.75) is 43.8 Å². The van der Waals surface area contributed by atoms with Crippen LogP contribution in [-0.4, -0.2) is 39.2 Å². The Morgan fingerprint density at radius 3 is 2.70 bits per heavy atom. The number of piperidine rings is 1. The summed E-state index contributed by atoms with van der Waals surface area (Å²) < 4.78 is 1.71. The van der Waals surface area contributed by atoms with Gasteiger partial charge in [-0.3, -0.25) is 14.2 Å². The molecule has 2 aromatic rings. The molecule has 2 aliphatic rings. The fraction of sp³-hybridized carbons (Fsp3) is 0.476. The zero-order valence-electron chi connectivity index (χ0n) is 15.6. The molecule has 1 atom stereocenters. The molecule has 27 heavy (non-hydrogen) atoms. The zero-order valence-corrected chi connectivity index (χ0v) is 16.5. The van der Waals surface area contributed by atoms with Gasteiger partial charge in [-0.15, -0.1) is 0 Å². The fourth-order valence-electron chi connectivity index (χ4n) is 4.08. The van der Waals surface area contributed by atoms with Crippen LogP contribution in [0, 0.1) is 12.8 Å². The third kappa shape index (κ3) is 4.10. The van der Waals surface area contributed by atoms with E-state index in [0.29, 0.717) is 12.3 Å². The number of benzene rings is 1. The number of aromatic nitrogens is 2. The molecule has 0 bridgehead atoms. The number of rotatable bonds is 4. The summed E-state index contributed by atoms with van der Waals surface area (Å²) in [4.78, 5) is 31.5. The third-order valence-electron chi connectivity index (χ3n) is 5.56. The van der Waals surface area contributed by atoms with Gasteiger partial charge in [-0.2, -0.15) is 0 Å². The van der Waals surface area contributed by atoms with Gasteiger partial charge in [-0.05, 0) is 37.7 Å². The van der Waals surface area contributed by atoms with Gasteiger partial charge in [0.2, 0.25) is 5.91 Å². The van der Waals surface area contributed by atoms with Crippen LogP contribution in [0.1, 0.15) is 36.6 Å². The summed E-state index contributed by atoms with van der Waals surface area (Å²) in [6.07, 6.45) is 3.60. The van der Waals surface area contributed by atoms with Crippen molar-refractivity contribution in [2.24, 2.45) is 5.92 Å². The number of nitrogens with zero attached hydrogens (tertiary/aromatic N) is 3. The average molecular weight is 384 g/mol. The van der Waals surface area contributed by atoms with Crippen molar-refractivity contribution < 1.29 is 4.79 Å². The van der Waals surface area contributed by atoms with E-state index >= 15 is 0 Å². The molecule has 0 radical (unpaired) electrons.